The number of rotatable bonds is 5. The molecule has 0 saturated carbocycles. The number of methoxy groups -OCH3 is 1. The second kappa shape index (κ2) is 6.23. The van der Waals surface area contributed by atoms with Gasteiger partial charge < -0.3 is 14.8 Å². The third kappa shape index (κ3) is 3.62. The largest absolute Gasteiger partial charge is 0.495 e. The van der Waals surface area contributed by atoms with Gasteiger partial charge in [0.05, 0.1) is 19.4 Å². The predicted octanol–water partition coefficient (Wildman–Crippen LogP) is 2.32. The Kier molecular flexibility index (Phi) is 4.92. The highest BCUT2D eigenvalue weighted by molar-refractivity contribution is 6.30. The van der Waals surface area contributed by atoms with Crippen LogP contribution >= 0.6 is 11.6 Å². The van der Waals surface area contributed by atoms with Crippen molar-refractivity contribution in [3.8, 4) is 5.75 Å². The minimum absolute atomic E-state index is 0.103. The molecule has 16 heavy (non-hydrogen) atoms. The zero-order valence-electron chi connectivity index (χ0n) is 9.25. The Labute approximate surface area is 99.5 Å². The Hall–Kier alpha value is -1.42. The standard InChI is InChI=1S/C11H14ClNO3/c1-3-16-11(14)7-13-9-5-4-8(12)6-10(9)15-2/h4-6,13H,3,7H2,1-2H3. The average Bonchev–Trinajstić information content (AvgIpc) is 2.27. The third-order valence-corrected chi connectivity index (χ3v) is 2.13. The lowest BCUT2D eigenvalue weighted by Crippen LogP contribution is -2.16. The summed E-state index contributed by atoms with van der Waals surface area (Å²) in [6, 6.07) is 5.15. The summed E-state index contributed by atoms with van der Waals surface area (Å²) in [5, 5.41) is 3.50. The lowest BCUT2D eigenvalue weighted by molar-refractivity contribution is -0.140. The Bertz CT molecular complexity index is 368. The maximum Gasteiger partial charge on any atom is 0.325 e. The lowest BCUT2D eigenvalue weighted by Gasteiger charge is -2.10. The molecule has 0 aliphatic carbocycles. The number of hydrogen-bond acceptors (Lipinski definition) is 4. The van der Waals surface area contributed by atoms with Gasteiger partial charge in [0.1, 0.15) is 12.3 Å². The van der Waals surface area contributed by atoms with E-state index in [0.29, 0.717) is 23.1 Å². The van der Waals surface area contributed by atoms with Crippen molar-refractivity contribution in [2.24, 2.45) is 0 Å². The Morgan fingerprint density at radius 2 is 2.25 bits per heavy atom. The molecule has 0 atom stereocenters. The predicted molar refractivity (Wildman–Crippen MR) is 63.1 cm³/mol. The minimum atomic E-state index is -0.306. The number of benzene rings is 1. The van der Waals surface area contributed by atoms with E-state index in [-0.39, 0.29) is 12.5 Å². The zero-order valence-corrected chi connectivity index (χ0v) is 10.0. The van der Waals surface area contributed by atoms with Crippen LogP contribution in [0.5, 0.6) is 5.75 Å². The van der Waals surface area contributed by atoms with Gasteiger partial charge in [-0.1, -0.05) is 11.6 Å². The molecule has 1 aromatic rings. The molecule has 0 amide bonds. The fraction of sp³-hybridized carbons (Fsp3) is 0.364. The maximum atomic E-state index is 11.1. The Morgan fingerprint density at radius 1 is 1.50 bits per heavy atom. The van der Waals surface area contributed by atoms with E-state index in [1.165, 1.54) is 0 Å². The van der Waals surface area contributed by atoms with Crippen LogP contribution < -0.4 is 10.1 Å². The Morgan fingerprint density at radius 3 is 2.88 bits per heavy atom. The van der Waals surface area contributed by atoms with Crippen LogP contribution in [0.25, 0.3) is 0 Å². The van der Waals surface area contributed by atoms with Gasteiger partial charge in [0.2, 0.25) is 0 Å². The van der Waals surface area contributed by atoms with Gasteiger partial charge in [0.15, 0.2) is 0 Å². The molecule has 0 saturated heterocycles. The number of halogens is 1. The van der Waals surface area contributed by atoms with Crippen LogP contribution in [-0.2, 0) is 9.53 Å². The van der Waals surface area contributed by atoms with Crippen LogP contribution in [-0.4, -0.2) is 26.2 Å². The molecule has 0 aliphatic rings. The summed E-state index contributed by atoms with van der Waals surface area (Å²) in [5.41, 5.74) is 0.708. The first kappa shape index (κ1) is 12.6. The van der Waals surface area contributed by atoms with Crippen molar-refractivity contribution in [3.05, 3.63) is 23.2 Å². The number of carbonyl (C=O) groups excluding carboxylic acids is 1. The van der Waals surface area contributed by atoms with Crippen LogP contribution in [0.1, 0.15) is 6.92 Å². The van der Waals surface area contributed by atoms with Crippen molar-refractivity contribution in [1.29, 1.82) is 0 Å². The molecule has 0 spiro atoms. The van der Waals surface area contributed by atoms with E-state index >= 15 is 0 Å². The molecule has 0 fully saturated rings. The van der Waals surface area contributed by atoms with Crippen molar-refractivity contribution in [2.75, 3.05) is 25.6 Å². The quantitative estimate of drug-likeness (QED) is 0.807. The van der Waals surface area contributed by atoms with E-state index in [0.717, 1.165) is 0 Å². The van der Waals surface area contributed by atoms with E-state index in [2.05, 4.69) is 5.32 Å². The molecule has 0 bridgehead atoms. The fourth-order valence-corrected chi connectivity index (χ4v) is 1.35. The number of esters is 1. The van der Waals surface area contributed by atoms with Gasteiger partial charge in [-0.3, -0.25) is 4.79 Å². The van der Waals surface area contributed by atoms with Crippen molar-refractivity contribution >= 4 is 23.3 Å². The molecule has 4 nitrogen and oxygen atoms in total. The summed E-state index contributed by atoms with van der Waals surface area (Å²) in [7, 11) is 1.54. The van der Waals surface area contributed by atoms with Crippen molar-refractivity contribution in [2.45, 2.75) is 6.92 Å². The van der Waals surface area contributed by atoms with E-state index < -0.39 is 0 Å². The number of nitrogens with one attached hydrogen (secondary N) is 1. The van der Waals surface area contributed by atoms with Crippen LogP contribution in [0, 0.1) is 0 Å². The molecule has 0 heterocycles. The van der Waals surface area contributed by atoms with Crippen LogP contribution in [0.3, 0.4) is 0 Å². The topological polar surface area (TPSA) is 47.6 Å². The lowest BCUT2D eigenvalue weighted by atomic mass is 10.3. The van der Waals surface area contributed by atoms with Gasteiger partial charge in [0.25, 0.3) is 0 Å². The maximum absolute atomic E-state index is 11.1. The van der Waals surface area contributed by atoms with E-state index in [9.17, 15) is 4.79 Å². The minimum Gasteiger partial charge on any atom is -0.495 e. The van der Waals surface area contributed by atoms with Crippen LogP contribution in [0.4, 0.5) is 5.69 Å². The first-order chi connectivity index (χ1) is 7.67. The van der Waals surface area contributed by atoms with Gasteiger partial charge in [-0.2, -0.15) is 0 Å². The van der Waals surface area contributed by atoms with Gasteiger partial charge in [-0.05, 0) is 19.1 Å². The number of hydrogen-bond donors (Lipinski definition) is 1. The smallest absolute Gasteiger partial charge is 0.325 e. The number of carbonyl (C=O) groups is 1. The monoisotopic (exact) mass is 243 g/mol. The first-order valence-electron chi connectivity index (χ1n) is 4.90. The van der Waals surface area contributed by atoms with Gasteiger partial charge >= 0.3 is 5.97 Å². The average molecular weight is 244 g/mol. The highest BCUT2D eigenvalue weighted by Gasteiger charge is 2.06. The summed E-state index contributed by atoms with van der Waals surface area (Å²) in [6.45, 7) is 2.24. The number of ether oxygens (including phenoxy) is 2. The van der Waals surface area contributed by atoms with E-state index in [1.807, 2.05) is 0 Å². The summed E-state index contributed by atoms with van der Waals surface area (Å²) < 4.78 is 9.91. The van der Waals surface area contributed by atoms with Gasteiger partial charge in [-0.25, -0.2) is 0 Å². The first-order valence-corrected chi connectivity index (χ1v) is 5.28. The summed E-state index contributed by atoms with van der Waals surface area (Å²) in [5.74, 6) is 0.288. The highest BCUT2D eigenvalue weighted by Crippen LogP contribution is 2.27. The van der Waals surface area contributed by atoms with Crippen molar-refractivity contribution in [3.63, 3.8) is 0 Å². The van der Waals surface area contributed by atoms with Crippen LogP contribution in [0.15, 0.2) is 18.2 Å². The number of anilines is 1. The molecule has 1 aromatic carbocycles. The van der Waals surface area contributed by atoms with Gasteiger partial charge in [0, 0.05) is 11.1 Å². The molecular weight excluding hydrogens is 230 g/mol. The second-order valence-electron chi connectivity index (χ2n) is 3.00. The molecule has 0 aliphatic heterocycles. The van der Waals surface area contributed by atoms with Gasteiger partial charge in [-0.15, -0.1) is 0 Å². The molecule has 5 heteroatoms. The second-order valence-corrected chi connectivity index (χ2v) is 3.44. The van der Waals surface area contributed by atoms with Crippen LogP contribution in [0.2, 0.25) is 5.02 Å². The molecule has 0 aromatic heterocycles. The SMILES string of the molecule is CCOC(=O)CNc1ccc(Cl)cc1OC. The molecular formula is C11H14ClNO3. The molecule has 0 unspecified atom stereocenters. The van der Waals surface area contributed by atoms with E-state index in [1.54, 1.807) is 32.2 Å². The molecule has 0 radical (unpaired) electrons. The summed E-state index contributed by atoms with van der Waals surface area (Å²) >= 11 is 5.81. The summed E-state index contributed by atoms with van der Waals surface area (Å²) in [4.78, 5) is 11.1. The third-order valence-electron chi connectivity index (χ3n) is 1.89. The van der Waals surface area contributed by atoms with Crippen molar-refractivity contribution in [1.82, 2.24) is 0 Å². The fourth-order valence-electron chi connectivity index (χ4n) is 1.19. The molecule has 1 rings (SSSR count). The normalized spacial score (nSPS) is 9.69. The highest BCUT2D eigenvalue weighted by atomic mass is 35.5. The molecule has 88 valence electrons. The Balaban J connectivity index is 2.63. The molecule has 1 N–H and O–H groups in total. The van der Waals surface area contributed by atoms with Crippen molar-refractivity contribution < 1.29 is 14.3 Å². The van der Waals surface area contributed by atoms with E-state index in [4.69, 9.17) is 21.1 Å². The summed E-state index contributed by atoms with van der Waals surface area (Å²) in [6.07, 6.45) is 0. The zero-order chi connectivity index (χ0) is 12.0.